The van der Waals surface area contributed by atoms with Gasteiger partial charge in [-0.2, -0.15) is 0 Å². The standard InChI is InChI=1S/C10H15N3O2/c1-3-6(2)13-9-8(11)7(10(14)15)4-5-12-9/h4-6H,3,11H2,1-2H3,(H,12,13)(H,14,15). The van der Waals surface area contributed by atoms with Gasteiger partial charge < -0.3 is 16.2 Å². The van der Waals surface area contributed by atoms with Gasteiger partial charge >= 0.3 is 5.97 Å². The first-order chi connectivity index (χ1) is 7.06. The van der Waals surface area contributed by atoms with E-state index in [1.165, 1.54) is 12.3 Å². The third kappa shape index (κ3) is 2.59. The van der Waals surface area contributed by atoms with Gasteiger partial charge in [0.2, 0.25) is 0 Å². The zero-order valence-electron chi connectivity index (χ0n) is 8.82. The van der Waals surface area contributed by atoms with Crippen molar-refractivity contribution in [2.45, 2.75) is 26.3 Å². The third-order valence-electron chi connectivity index (χ3n) is 2.22. The Morgan fingerprint density at radius 2 is 2.40 bits per heavy atom. The fourth-order valence-electron chi connectivity index (χ4n) is 1.11. The van der Waals surface area contributed by atoms with Crippen molar-refractivity contribution in [3.8, 4) is 0 Å². The summed E-state index contributed by atoms with van der Waals surface area (Å²) in [6.45, 7) is 4.00. The van der Waals surface area contributed by atoms with Crippen LogP contribution in [-0.2, 0) is 0 Å². The van der Waals surface area contributed by atoms with E-state index in [9.17, 15) is 4.79 Å². The van der Waals surface area contributed by atoms with Gasteiger partial charge in [0.25, 0.3) is 0 Å². The van der Waals surface area contributed by atoms with Crippen LogP contribution in [0.3, 0.4) is 0 Å². The van der Waals surface area contributed by atoms with Gasteiger partial charge in [-0.1, -0.05) is 6.92 Å². The van der Waals surface area contributed by atoms with E-state index in [0.29, 0.717) is 5.82 Å². The average Bonchev–Trinajstić information content (AvgIpc) is 2.20. The molecule has 0 aliphatic heterocycles. The molecule has 0 aliphatic carbocycles. The number of aromatic nitrogens is 1. The lowest BCUT2D eigenvalue weighted by molar-refractivity contribution is 0.0698. The Morgan fingerprint density at radius 3 is 2.93 bits per heavy atom. The fourth-order valence-corrected chi connectivity index (χ4v) is 1.11. The number of hydrogen-bond acceptors (Lipinski definition) is 4. The molecule has 0 saturated heterocycles. The number of carbonyl (C=O) groups is 1. The number of nitrogen functional groups attached to an aromatic ring is 1. The van der Waals surface area contributed by atoms with Gasteiger partial charge in [-0.3, -0.25) is 0 Å². The van der Waals surface area contributed by atoms with Crippen molar-refractivity contribution in [3.05, 3.63) is 17.8 Å². The van der Waals surface area contributed by atoms with Crippen molar-refractivity contribution in [2.24, 2.45) is 0 Å². The molecule has 0 fully saturated rings. The number of rotatable bonds is 4. The highest BCUT2D eigenvalue weighted by Crippen LogP contribution is 2.20. The molecule has 0 amide bonds. The summed E-state index contributed by atoms with van der Waals surface area (Å²) in [6, 6.07) is 1.60. The predicted molar refractivity (Wildman–Crippen MR) is 59.0 cm³/mol. The molecule has 1 aromatic rings. The van der Waals surface area contributed by atoms with E-state index in [-0.39, 0.29) is 17.3 Å². The normalized spacial score (nSPS) is 12.1. The van der Waals surface area contributed by atoms with E-state index < -0.39 is 5.97 Å². The monoisotopic (exact) mass is 209 g/mol. The van der Waals surface area contributed by atoms with Crippen LogP contribution in [0.2, 0.25) is 0 Å². The number of nitrogens with two attached hydrogens (primary N) is 1. The second-order valence-electron chi connectivity index (χ2n) is 3.38. The summed E-state index contributed by atoms with van der Waals surface area (Å²) < 4.78 is 0. The van der Waals surface area contributed by atoms with Crippen LogP contribution in [0.15, 0.2) is 12.3 Å². The van der Waals surface area contributed by atoms with E-state index in [1.807, 2.05) is 13.8 Å². The van der Waals surface area contributed by atoms with Crippen molar-refractivity contribution in [2.75, 3.05) is 11.1 Å². The van der Waals surface area contributed by atoms with Gasteiger partial charge in [0, 0.05) is 12.2 Å². The molecule has 0 aromatic carbocycles. The predicted octanol–water partition coefficient (Wildman–Crippen LogP) is 1.57. The Kier molecular flexibility index (Phi) is 3.49. The number of pyridine rings is 1. The molecular weight excluding hydrogens is 194 g/mol. The zero-order valence-corrected chi connectivity index (χ0v) is 8.82. The van der Waals surface area contributed by atoms with E-state index in [0.717, 1.165) is 6.42 Å². The second-order valence-corrected chi connectivity index (χ2v) is 3.38. The highest BCUT2D eigenvalue weighted by molar-refractivity contribution is 5.96. The molecule has 0 saturated carbocycles. The molecule has 5 heteroatoms. The maximum atomic E-state index is 10.8. The Hall–Kier alpha value is -1.78. The Labute approximate surface area is 88.3 Å². The summed E-state index contributed by atoms with van der Waals surface area (Å²) in [5.41, 5.74) is 5.95. The Morgan fingerprint density at radius 1 is 1.73 bits per heavy atom. The summed E-state index contributed by atoms with van der Waals surface area (Å²) in [5.74, 6) is -0.605. The van der Waals surface area contributed by atoms with E-state index in [2.05, 4.69) is 10.3 Å². The van der Waals surface area contributed by atoms with E-state index in [1.54, 1.807) is 0 Å². The van der Waals surface area contributed by atoms with Crippen LogP contribution in [0, 0.1) is 0 Å². The number of carboxylic acid groups (broad SMARTS) is 1. The van der Waals surface area contributed by atoms with Crippen LogP contribution in [0.5, 0.6) is 0 Å². The summed E-state index contributed by atoms with van der Waals surface area (Å²) >= 11 is 0. The van der Waals surface area contributed by atoms with Crippen molar-refractivity contribution in [3.63, 3.8) is 0 Å². The molecule has 4 N–H and O–H groups in total. The third-order valence-corrected chi connectivity index (χ3v) is 2.22. The van der Waals surface area contributed by atoms with Crippen LogP contribution >= 0.6 is 0 Å². The SMILES string of the molecule is CCC(C)Nc1nccc(C(=O)O)c1N. The van der Waals surface area contributed by atoms with Gasteiger partial charge in [0.1, 0.15) is 5.82 Å². The molecule has 82 valence electrons. The topological polar surface area (TPSA) is 88.2 Å². The largest absolute Gasteiger partial charge is 0.478 e. The molecule has 0 radical (unpaired) electrons. The molecular formula is C10H15N3O2. The molecule has 1 atom stereocenters. The highest BCUT2D eigenvalue weighted by Gasteiger charge is 2.12. The minimum Gasteiger partial charge on any atom is -0.478 e. The van der Waals surface area contributed by atoms with Crippen molar-refractivity contribution >= 4 is 17.5 Å². The fraction of sp³-hybridized carbons (Fsp3) is 0.400. The van der Waals surface area contributed by atoms with Gasteiger partial charge in [-0.05, 0) is 19.4 Å². The van der Waals surface area contributed by atoms with Gasteiger partial charge in [0.15, 0.2) is 0 Å². The van der Waals surface area contributed by atoms with Crippen LogP contribution in [0.4, 0.5) is 11.5 Å². The molecule has 1 aromatic heterocycles. The molecule has 5 nitrogen and oxygen atoms in total. The number of hydrogen-bond donors (Lipinski definition) is 3. The summed E-state index contributed by atoms with van der Waals surface area (Å²) in [7, 11) is 0. The van der Waals surface area contributed by atoms with Crippen LogP contribution in [0.1, 0.15) is 30.6 Å². The first-order valence-corrected chi connectivity index (χ1v) is 4.80. The quantitative estimate of drug-likeness (QED) is 0.700. The van der Waals surface area contributed by atoms with Gasteiger partial charge in [0.05, 0.1) is 11.3 Å². The minimum atomic E-state index is -1.04. The van der Waals surface area contributed by atoms with Crippen molar-refractivity contribution in [1.82, 2.24) is 4.98 Å². The smallest absolute Gasteiger partial charge is 0.337 e. The molecule has 1 heterocycles. The first-order valence-electron chi connectivity index (χ1n) is 4.80. The Bertz CT molecular complexity index is 366. The lowest BCUT2D eigenvalue weighted by atomic mass is 10.2. The van der Waals surface area contributed by atoms with Crippen LogP contribution in [0.25, 0.3) is 0 Å². The number of carboxylic acids is 1. The first kappa shape index (κ1) is 11.3. The van der Waals surface area contributed by atoms with Crippen LogP contribution in [-0.4, -0.2) is 22.1 Å². The summed E-state index contributed by atoms with van der Waals surface area (Å²) in [4.78, 5) is 14.8. The van der Waals surface area contributed by atoms with Crippen molar-refractivity contribution in [1.29, 1.82) is 0 Å². The average molecular weight is 209 g/mol. The number of aromatic carboxylic acids is 1. The van der Waals surface area contributed by atoms with E-state index in [4.69, 9.17) is 10.8 Å². The lowest BCUT2D eigenvalue weighted by Gasteiger charge is -2.14. The van der Waals surface area contributed by atoms with Gasteiger partial charge in [-0.25, -0.2) is 9.78 Å². The van der Waals surface area contributed by atoms with Crippen molar-refractivity contribution < 1.29 is 9.90 Å². The number of nitrogens with zero attached hydrogens (tertiary/aromatic N) is 1. The molecule has 1 rings (SSSR count). The second kappa shape index (κ2) is 4.63. The molecule has 0 aliphatic rings. The lowest BCUT2D eigenvalue weighted by Crippen LogP contribution is -2.17. The highest BCUT2D eigenvalue weighted by atomic mass is 16.4. The molecule has 0 spiro atoms. The number of nitrogens with one attached hydrogen (secondary N) is 1. The molecule has 0 bridgehead atoms. The summed E-state index contributed by atoms with van der Waals surface area (Å²) in [5, 5.41) is 11.9. The minimum absolute atomic E-state index is 0.0794. The number of anilines is 2. The maximum Gasteiger partial charge on any atom is 0.337 e. The van der Waals surface area contributed by atoms with E-state index >= 15 is 0 Å². The van der Waals surface area contributed by atoms with Gasteiger partial charge in [-0.15, -0.1) is 0 Å². The zero-order chi connectivity index (χ0) is 11.4. The molecule has 1 unspecified atom stereocenters. The maximum absolute atomic E-state index is 10.8. The molecule has 15 heavy (non-hydrogen) atoms. The summed E-state index contributed by atoms with van der Waals surface area (Å²) in [6.07, 6.45) is 2.35. The Balaban J connectivity index is 2.99. The van der Waals surface area contributed by atoms with Crippen LogP contribution < -0.4 is 11.1 Å².